The molecule has 0 unspecified atom stereocenters. The lowest BCUT2D eigenvalue weighted by molar-refractivity contribution is -0.118. The zero-order valence-electron chi connectivity index (χ0n) is 16.2. The molecule has 3 aromatic heterocycles. The molecule has 0 atom stereocenters. The highest BCUT2D eigenvalue weighted by Crippen LogP contribution is 2.37. The van der Waals surface area contributed by atoms with Gasteiger partial charge in [0.1, 0.15) is 17.9 Å². The third kappa shape index (κ3) is 3.73. The highest BCUT2D eigenvalue weighted by atomic mass is 35.5. The van der Waals surface area contributed by atoms with Crippen molar-refractivity contribution in [3.8, 4) is 17.0 Å². The number of nitrogen functional groups attached to an aromatic ring is 1. The molecule has 4 aromatic rings. The molecule has 3 heterocycles. The third-order valence-electron chi connectivity index (χ3n) is 4.46. The molecule has 0 bridgehead atoms. The number of nitrogens with two attached hydrogens (primary N) is 2. The second-order valence-electron chi connectivity index (χ2n) is 6.48. The van der Waals surface area contributed by atoms with E-state index in [0.29, 0.717) is 33.4 Å². The largest absolute Gasteiger partial charge is 0.496 e. The van der Waals surface area contributed by atoms with Crippen LogP contribution in [0.25, 0.3) is 16.9 Å². The minimum Gasteiger partial charge on any atom is -0.496 e. The van der Waals surface area contributed by atoms with Gasteiger partial charge in [0.15, 0.2) is 11.5 Å². The molecule has 31 heavy (non-hydrogen) atoms. The molecule has 0 saturated carbocycles. The average molecular weight is 441 g/mol. The van der Waals surface area contributed by atoms with Gasteiger partial charge in [-0.3, -0.25) is 14.3 Å². The van der Waals surface area contributed by atoms with Gasteiger partial charge in [-0.2, -0.15) is 5.10 Å². The van der Waals surface area contributed by atoms with Crippen LogP contribution < -0.4 is 21.5 Å². The molecule has 0 aliphatic carbocycles. The first kappa shape index (κ1) is 20.2. The van der Waals surface area contributed by atoms with Crippen LogP contribution in [0.5, 0.6) is 5.75 Å². The van der Waals surface area contributed by atoms with Crippen LogP contribution in [0.3, 0.4) is 0 Å². The van der Waals surface area contributed by atoms with Gasteiger partial charge in [-0.15, -0.1) is 5.10 Å². The SMILES string of the molecule is COc1ccc(Cl)cc1-c1c(NC(=O)c2c(N)nn3cccnc23)cnn1CC(N)=O. The number of nitrogens with zero attached hydrogens (tertiary/aromatic N) is 5. The van der Waals surface area contributed by atoms with Gasteiger partial charge >= 0.3 is 0 Å². The van der Waals surface area contributed by atoms with Crippen molar-refractivity contribution in [2.45, 2.75) is 6.54 Å². The van der Waals surface area contributed by atoms with Gasteiger partial charge in [-0.1, -0.05) is 11.6 Å². The van der Waals surface area contributed by atoms with Gasteiger partial charge in [0.2, 0.25) is 5.91 Å². The Hall–Kier alpha value is -4.12. The Morgan fingerprint density at radius 3 is 2.87 bits per heavy atom. The maximum atomic E-state index is 13.1. The normalized spacial score (nSPS) is 10.9. The number of fused-ring (bicyclic) bond motifs is 1. The number of hydrogen-bond acceptors (Lipinski definition) is 7. The summed E-state index contributed by atoms with van der Waals surface area (Å²) in [5.41, 5.74) is 12.9. The number of rotatable bonds is 6. The van der Waals surface area contributed by atoms with Crippen LogP contribution in [0.4, 0.5) is 11.5 Å². The van der Waals surface area contributed by atoms with Gasteiger partial charge in [-0.25, -0.2) is 9.50 Å². The monoisotopic (exact) mass is 440 g/mol. The van der Waals surface area contributed by atoms with Crippen molar-refractivity contribution in [2.24, 2.45) is 5.73 Å². The zero-order valence-corrected chi connectivity index (χ0v) is 17.0. The molecule has 12 heteroatoms. The Morgan fingerprint density at radius 1 is 1.32 bits per heavy atom. The number of hydrogen-bond donors (Lipinski definition) is 3. The van der Waals surface area contributed by atoms with Crippen molar-refractivity contribution in [3.63, 3.8) is 0 Å². The molecule has 5 N–H and O–H groups in total. The summed E-state index contributed by atoms with van der Waals surface area (Å²) in [4.78, 5) is 28.8. The summed E-state index contributed by atoms with van der Waals surface area (Å²) in [5, 5.41) is 11.5. The maximum Gasteiger partial charge on any atom is 0.263 e. The van der Waals surface area contributed by atoms with E-state index >= 15 is 0 Å². The number of carbonyl (C=O) groups is 2. The first-order valence-corrected chi connectivity index (χ1v) is 9.35. The summed E-state index contributed by atoms with van der Waals surface area (Å²) < 4.78 is 8.18. The summed E-state index contributed by atoms with van der Waals surface area (Å²) in [5.74, 6) is -0.683. The standard InChI is InChI=1S/C19H17ClN8O3/c1-31-13-4-3-10(20)7-11(13)16-12(8-24-28(16)9-14(21)29)25-19(30)15-17(22)26-27-6-2-5-23-18(15)27/h2-8H,9H2,1H3,(H2,21,29)(H2,22,26)(H,25,30). The van der Waals surface area contributed by atoms with E-state index in [1.807, 2.05) is 0 Å². The van der Waals surface area contributed by atoms with Crippen molar-refractivity contribution in [2.75, 3.05) is 18.2 Å². The number of amides is 2. The van der Waals surface area contributed by atoms with E-state index in [0.717, 1.165) is 0 Å². The Morgan fingerprint density at radius 2 is 2.13 bits per heavy atom. The molecule has 1 aromatic carbocycles. The number of methoxy groups -OCH3 is 1. The number of carbonyl (C=O) groups excluding carboxylic acids is 2. The Balaban J connectivity index is 1.82. The van der Waals surface area contributed by atoms with Crippen LogP contribution >= 0.6 is 11.6 Å². The van der Waals surface area contributed by atoms with Gasteiger partial charge in [0.05, 0.1) is 24.7 Å². The molecule has 0 radical (unpaired) electrons. The van der Waals surface area contributed by atoms with Crippen LogP contribution in [-0.4, -0.2) is 43.3 Å². The van der Waals surface area contributed by atoms with Crippen LogP contribution in [-0.2, 0) is 11.3 Å². The fourth-order valence-corrected chi connectivity index (χ4v) is 3.37. The molecule has 158 valence electrons. The first-order valence-electron chi connectivity index (χ1n) is 8.97. The van der Waals surface area contributed by atoms with Crippen LogP contribution in [0.1, 0.15) is 10.4 Å². The minimum absolute atomic E-state index is 0.0163. The molecule has 11 nitrogen and oxygen atoms in total. The summed E-state index contributed by atoms with van der Waals surface area (Å²) in [6.45, 7) is -0.221. The highest BCUT2D eigenvalue weighted by Gasteiger charge is 2.24. The molecule has 0 spiro atoms. The van der Waals surface area contributed by atoms with E-state index in [-0.39, 0.29) is 17.9 Å². The summed E-state index contributed by atoms with van der Waals surface area (Å²) in [6, 6.07) is 6.62. The molecular weight excluding hydrogens is 424 g/mol. The van der Waals surface area contributed by atoms with Crippen LogP contribution in [0.15, 0.2) is 42.9 Å². The van der Waals surface area contributed by atoms with E-state index in [1.165, 1.54) is 28.7 Å². The lowest BCUT2D eigenvalue weighted by Gasteiger charge is -2.13. The molecule has 0 aliphatic heterocycles. The predicted octanol–water partition coefficient (Wildman–Crippen LogP) is 1.57. The van der Waals surface area contributed by atoms with Crippen molar-refractivity contribution >= 4 is 40.6 Å². The molecule has 0 saturated heterocycles. The number of halogens is 1. The number of anilines is 2. The van der Waals surface area contributed by atoms with E-state index in [1.54, 1.807) is 30.5 Å². The number of primary amides is 1. The van der Waals surface area contributed by atoms with Crippen molar-refractivity contribution < 1.29 is 14.3 Å². The number of benzene rings is 1. The van der Waals surface area contributed by atoms with Crippen molar-refractivity contribution in [1.29, 1.82) is 0 Å². The van der Waals surface area contributed by atoms with E-state index < -0.39 is 11.8 Å². The average Bonchev–Trinajstić information content (AvgIpc) is 3.26. The lowest BCUT2D eigenvalue weighted by atomic mass is 10.1. The topological polar surface area (TPSA) is 155 Å². The van der Waals surface area contributed by atoms with Gasteiger partial charge in [0, 0.05) is 23.0 Å². The second-order valence-corrected chi connectivity index (χ2v) is 6.91. The minimum atomic E-state index is -0.612. The van der Waals surface area contributed by atoms with Gasteiger partial charge < -0.3 is 21.5 Å². The first-order chi connectivity index (χ1) is 14.9. The van der Waals surface area contributed by atoms with E-state index in [9.17, 15) is 9.59 Å². The summed E-state index contributed by atoms with van der Waals surface area (Å²) in [6.07, 6.45) is 4.55. The Labute approximate surface area is 180 Å². The smallest absolute Gasteiger partial charge is 0.263 e. The quantitative estimate of drug-likeness (QED) is 0.411. The third-order valence-corrected chi connectivity index (χ3v) is 4.69. The number of aromatic nitrogens is 5. The van der Waals surface area contributed by atoms with Crippen LogP contribution in [0, 0.1) is 0 Å². The molecule has 0 aliphatic rings. The second kappa shape index (κ2) is 7.95. The lowest BCUT2D eigenvalue weighted by Crippen LogP contribution is -2.20. The van der Waals surface area contributed by atoms with Crippen molar-refractivity contribution in [1.82, 2.24) is 24.4 Å². The van der Waals surface area contributed by atoms with Crippen LogP contribution in [0.2, 0.25) is 5.02 Å². The zero-order chi connectivity index (χ0) is 22.1. The number of ether oxygens (including phenoxy) is 1. The molecule has 2 amide bonds. The van der Waals surface area contributed by atoms with Crippen molar-refractivity contribution in [3.05, 3.63) is 53.4 Å². The maximum absolute atomic E-state index is 13.1. The summed E-state index contributed by atoms with van der Waals surface area (Å²) in [7, 11) is 1.49. The highest BCUT2D eigenvalue weighted by molar-refractivity contribution is 6.31. The molecular formula is C19H17ClN8O3. The number of nitrogens with one attached hydrogen (secondary N) is 1. The molecule has 4 rings (SSSR count). The fraction of sp³-hybridized carbons (Fsp3) is 0.105. The summed E-state index contributed by atoms with van der Waals surface area (Å²) >= 11 is 6.17. The van der Waals surface area contributed by atoms with E-state index in [2.05, 4.69) is 20.5 Å². The fourth-order valence-electron chi connectivity index (χ4n) is 3.20. The molecule has 0 fully saturated rings. The van der Waals surface area contributed by atoms with E-state index in [4.69, 9.17) is 27.8 Å². The Bertz CT molecular complexity index is 1310. The van der Waals surface area contributed by atoms with Gasteiger partial charge in [-0.05, 0) is 24.3 Å². The van der Waals surface area contributed by atoms with Gasteiger partial charge in [0.25, 0.3) is 5.91 Å². The Kier molecular flexibility index (Phi) is 5.17. The predicted molar refractivity (Wildman–Crippen MR) is 114 cm³/mol.